The third-order valence-corrected chi connectivity index (χ3v) is 5.77. The van der Waals surface area contributed by atoms with Crippen molar-refractivity contribution in [1.29, 1.82) is 0 Å². The second-order valence-electron chi connectivity index (χ2n) is 7.62. The fourth-order valence-corrected chi connectivity index (χ4v) is 4.23. The number of amides is 3. The lowest BCUT2D eigenvalue weighted by Crippen LogP contribution is -2.52. The molecule has 3 heterocycles. The number of nitrogens with one attached hydrogen (secondary N) is 3. The number of hydrogen-bond acceptors (Lipinski definition) is 6. The Labute approximate surface area is 164 Å². The number of piperidine rings is 1. The number of benzene rings is 1. The van der Waals surface area contributed by atoms with E-state index in [9.17, 15) is 14.4 Å². The van der Waals surface area contributed by atoms with Crippen molar-refractivity contribution in [3.05, 3.63) is 34.9 Å². The Kier molecular flexibility index (Phi) is 5.70. The molecule has 0 aromatic heterocycles. The molecule has 0 radical (unpaired) electrons. The van der Waals surface area contributed by atoms with Gasteiger partial charge in [-0.3, -0.25) is 24.6 Å². The van der Waals surface area contributed by atoms with Crippen LogP contribution in [-0.4, -0.2) is 72.8 Å². The van der Waals surface area contributed by atoms with Crippen molar-refractivity contribution in [1.82, 2.24) is 25.8 Å². The average molecular weight is 385 g/mol. The maximum atomic E-state index is 13.0. The van der Waals surface area contributed by atoms with Crippen molar-refractivity contribution in [2.24, 2.45) is 0 Å². The lowest BCUT2D eigenvalue weighted by atomic mass is 10.0. The SMILES string of the molecule is O=C1CCC(N2Cc3cccc(CNCCN4CCNCC4)c3C2=O)C(=O)N1. The van der Waals surface area contributed by atoms with Gasteiger partial charge in [0, 0.05) is 64.3 Å². The van der Waals surface area contributed by atoms with E-state index in [1.807, 2.05) is 18.2 Å². The van der Waals surface area contributed by atoms with Crippen LogP contribution in [0.25, 0.3) is 0 Å². The van der Waals surface area contributed by atoms with Crippen molar-refractivity contribution >= 4 is 17.7 Å². The summed E-state index contributed by atoms with van der Waals surface area (Å²) in [7, 11) is 0. The van der Waals surface area contributed by atoms with Crippen LogP contribution < -0.4 is 16.0 Å². The molecule has 0 aliphatic carbocycles. The van der Waals surface area contributed by atoms with Crippen LogP contribution in [0.1, 0.15) is 34.3 Å². The summed E-state index contributed by atoms with van der Waals surface area (Å²) < 4.78 is 0. The minimum Gasteiger partial charge on any atom is -0.322 e. The Morgan fingerprint density at radius 3 is 2.75 bits per heavy atom. The number of carbonyl (C=O) groups excluding carboxylic acids is 3. The van der Waals surface area contributed by atoms with Crippen LogP contribution in [-0.2, 0) is 22.7 Å². The summed E-state index contributed by atoms with van der Waals surface area (Å²) in [5.41, 5.74) is 2.63. The monoisotopic (exact) mass is 385 g/mol. The van der Waals surface area contributed by atoms with Gasteiger partial charge in [-0.05, 0) is 17.5 Å². The van der Waals surface area contributed by atoms with Crippen molar-refractivity contribution in [3.63, 3.8) is 0 Å². The van der Waals surface area contributed by atoms with Gasteiger partial charge in [-0.1, -0.05) is 18.2 Å². The Morgan fingerprint density at radius 1 is 1.14 bits per heavy atom. The van der Waals surface area contributed by atoms with E-state index in [0.717, 1.165) is 50.4 Å². The molecule has 4 rings (SSSR count). The summed E-state index contributed by atoms with van der Waals surface area (Å²) in [4.78, 5) is 40.7. The van der Waals surface area contributed by atoms with Gasteiger partial charge in [-0.15, -0.1) is 0 Å². The minimum atomic E-state index is -0.564. The molecular weight excluding hydrogens is 358 g/mol. The van der Waals surface area contributed by atoms with Crippen molar-refractivity contribution in [3.8, 4) is 0 Å². The molecule has 1 aromatic rings. The van der Waals surface area contributed by atoms with Gasteiger partial charge in [0.25, 0.3) is 5.91 Å². The smallest absolute Gasteiger partial charge is 0.255 e. The van der Waals surface area contributed by atoms with Crippen molar-refractivity contribution in [2.45, 2.75) is 32.0 Å². The third kappa shape index (κ3) is 3.94. The number of fused-ring (bicyclic) bond motifs is 1. The summed E-state index contributed by atoms with van der Waals surface area (Å²) in [6.07, 6.45) is 0.666. The topological polar surface area (TPSA) is 93.8 Å². The predicted octanol–water partition coefficient (Wildman–Crippen LogP) is -0.558. The fourth-order valence-electron chi connectivity index (χ4n) is 4.23. The highest BCUT2D eigenvalue weighted by molar-refractivity contribution is 6.05. The minimum absolute atomic E-state index is 0.107. The first-order valence-corrected chi connectivity index (χ1v) is 10.0. The Morgan fingerprint density at radius 2 is 1.96 bits per heavy atom. The van der Waals surface area contributed by atoms with Crippen LogP contribution in [0.5, 0.6) is 0 Å². The van der Waals surface area contributed by atoms with Crippen LogP contribution in [0.2, 0.25) is 0 Å². The van der Waals surface area contributed by atoms with E-state index < -0.39 is 6.04 Å². The van der Waals surface area contributed by atoms with E-state index in [1.54, 1.807) is 4.90 Å². The number of carbonyl (C=O) groups is 3. The average Bonchev–Trinajstić information content (AvgIpc) is 3.03. The molecule has 2 saturated heterocycles. The molecule has 8 heteroatoms. The Balaban J connectivity index is 1.37. The first kappa shape index (κ1) is 19.0. The van der Waals surface area contributed by atoms with E-state index in [0.29, 0.717) is 25.1 Å². The molecule has 2 fully saturated rings. The number of nitrogens with zero attached hydrogens (tertiary/aromatic N) is 2. The summed E-state index contributed by atoms with van der Waals surface area (Å²) in [6.45, 7) is 7.14. The number of hydrogen-bond donors (Lipinski definition) is 3. The maximum Gasteiger partial charge on any atom is 0.255 e. The highest BCUT2D eigenvalue weighted by atomic mass is 16.2. The highest BCUT2D eigenvalue weighted by Gasteiger charge is 2.39. The second kappa shape index (κ2) is 8.38. The summed E-state index contributed by atoms with van der Waals surface area (Å²) in [6, 6.07) is 5.32. The molecule has 3 aliphatic heterocycles. The third-order valence-electron chi connectivity index (χ3n) is 5.77. The van der Waals surface area contributed by atoms with Gasteiger partial charge in [0.15, 0.2) is 0 Å². The van der Waals surface area contributed by atoms with Crippen LogP contribution in [0.4, 0.5) is 0 Å². The van der Waals surface area contributed by atoms with Crippen LogP contribution >= 0.6 is 0 Å². The molecule has 0 bridgehead atoms. The first-order chi connectivity index (χ1) is 13.6. The van der Waals surface area contributed by atoms with E-state index in [4.69, 9.17) is 0 Å². The largest absolute Gasteiger partial charge is 0.322 e. The Bertz CT molecular complexity index is 775. The van der Waals surface area contributed by atoms with E-state index in [-0.39, 0.29) is 24.1 Å². The molecule has 3 amide bonds. The van der Waals surface area contributed by atoms with E-state index >= 15 is 0 Å². The van der Waals surface area contributed by atoms with Gasteiger partial charge < -0.3 is 15.5 Å². The molecule has 3 N–H and O–H groups in total. The molecule has 1 unspecified atom stereocenters. The van der Waals surface area contributed by atoms with Gasteiger partial charge in [-0.2, -0.15) is 0 Å². The first-order valence-electron chi connectivity index (χ1n) is 10.0. The predicted molar refractivity (Wildman–Crippen MR) is 104 cm³/mol. The standard InChI is InChI=1S/C20H27N5O3/c26-17-5-4-16(19(27)23-17)25-13-15-3-1-2-14(18(15)20(25)28)12-22-8-11-24-9-6-21-7-10-24/h1-3,16,21-22H,4-13H2,(H,23,26,27). The molecule has 28 heavy (non-hydrogen) atoms. The van der Waals surface area contributed by atoms with Gasteiger partial charge in [0.1, 0.15) is 6.04 Å². The van der Waals surface area contributed by atoms with Crippen LogP contribution in [0, 0.1) is 0 Å². The second-order valence-corrected chi connectivity index (χ2v) is 7.62. The normalized spacial score (nSPS) is 23.1. The molecule has 8 nitrogen and oxygen atoms in total. The van der Waals surface area contributed by atoms with Crippen molar-refractivity contribution in [2.75, 3.05) is 39.3 Å². The lowest BCUT2D eigenvalue weighted by molar-refractivity contribution is -0.136. The van der Waals surface area contributed by atoms with E-state index in [2.05, 4.69) is 20.9 Å². The summed E-state index contributed by atoms with van der Waals surface area (Å²) in [5, 5.41) is 9.15. The molecule has 0 spiro atoms. The number of rotatable bonds is 6. The molecular formula is C20H27N5O3. The van der Waals surface area contributed by atoms with Gasteiger partial charge in [-0.25, -0.2) is 0 Å². The van der Waals surface area contributed by atoms with Crippen LogP contribution in [0.15, 0.2) is 18.2 Å². The zero-order chi connectivity index (χ0) is 19.5. The highest BCUT2D eigenvalue weighted by Crippen LogP contribution is 2.29. The zero-order valence-electron chi connectivity index (χ0n) is 16.0. The maximum absolute atomic E-state index is 13.0. The fraction of sp³-hybridized carbons (Fsp3) is 0.550. The lowest BCUT2D eigenvalue weighted by Gasteiger charge is -2.29. The quantitative estimate of drug-likeness (QED) is 0.449. The zero-order valence-corrected chi connectivity index (χ0v) is 16.0. The molecule has 150 valence electrons. The Hall–Kier alpha value is -2.29. The van der Waals surface area contributed by atoms with Gasteiger partial charge in [0.2, 0.25) is 11.8 Å². The molecule has 3 aliphatic rings. The summed E-state index contributed by atoms with van der Waals surface area (Å²) >= 11 is 0. The molecule has 1 aromatic carbocycles. The molecule has 1 atom stereocenters. The summed E-state index contributed by atoms with van der Waals surface area (Å²) in [5.74, 6) is -0.739. The van der Waals surface area contributed by atoms with Crippen LogP contribution in [0.3, 0.4) is 0 Å². The molecule has 0 saturated carbocycles. The number of imide groups is 1. The van der Waals surface area contributed by atoms with Gasteiger partial charge >= 0.3 is 0 Å². The number of piperazine rings is 1. The van der Waals surface area contributed by atoms with Crippen molar-refractivity contribution < 1.29 is 14.4 Å². The van der Waals surface area contributed by atoms with E-state index in [1.165, 1.54) is 0 Å². The van der Waals surface area contributed by atoms with Gasteiger partial charge in [0.05, 0.1) is 0 Å².